The van der Waals surface area contributed by atoms with Gasteiger partial charge in [0.05, 0.1) is 14.2 Å². The van der Waals surface area contributed by atoms with E-state index in [-0.39, 0.29) is 6.61 Å². The highest BCUT2D eigenvalue weighted by atomic mass is 16.5. The Bertz CT molecular complexity index is 382. The number of rotatable bonds is 8. The van der Waals surface area contributed by atoms with Crippen LogP contribution in [0.3, 0.4) is 0 Å². The summed E-state index contributed by atoms with van der Waals surface area (Å²) in [6.45, 7) is 1.02. The van der Waals surface area contributed by atoms with Crippen LogP contribution in [0.2, 0.25) is 0 Å². The molecule has 0 aromatic heterocycles. The van der Waals surface area contributed by atoms with Gasteiger partial charge in [-0.2, -0.15) is 0 Å². The minimum atomic E-state index is 0.246. The lowest BCUT2D eigenvalue weighted by Crippen LogP contribution is -2.31. The first-order valence-electron chi connectivity index (χ1n) is 6.83. The summed E-state index contributed by atoms with van der Waals surface area (Å²) in [7, 11) is 3.31. The average Bonchev–Trinajstić information content (AvgIpc) is 3.27. The largest absolute Gasteiger partial charge is 0.497 e. The van der Waals surface area contributed by atoms with Crippen LogP contribution in [0.25, 0.3) is 0 Å². The van der Waals surface area contributed by atoms with Crippen molar-refractivity contribution < 1.29 is 14.6 Å². The van der Waals surface area contributed by atoms with Crippen LogP contribution in [0.15, 0.2) is 18.2 Å². The van der Waals surface area contributed by atoms with E-state index in [0.29, 0.717) is 6.04 Å². The monoisotopic (exact) mass is 265 g/mol. The normalized spacial score (nSPS) is 16.2. The number of hydrogen-bond acceptors (Lipinski definition) is 4. The van der Waals surface area contributed by atoms with Crippen molar-refractivity contribution >= 4 is 0 Å². The topological polar surface area (TPSA) is 50.7 Å². The molecule has 1 aromatic rings. The van der Waals surface area contributed by atoms with Crippen molar-refractivity contribution in [3.8, 4) is 11.5 Å². The average molecular weight is 265 g/mol. The fourth-order valence-corrected chi connectivity index (χ4v) is 2.36. The predicted octanol–water partition coefficient (Wildman–Crippen LogP) is 1.95. The van der Waals surface area contributed by atoms with Gasteiger partial charge in [-0.3, -0.25) is 0 Å². The lowest BCUT2D eigenvalue weighted by molar-refractivity contribution is 0.255. The van der Waals surface area contributed by atoms with Crippen LogP contribution < -0.4 is 14.8 Å². The van der Waals surface area contributed by atoms with E-state index in [2.05, 4.69) is 5.32 Å². The Balaban J connectivity index is 1.97. The van der Waals surface area contributed by atoms with Gasteiger partial charge in [0.25, 0.3) is 0 Å². The summed E-state index contributed by atoms with van der Waals surface area (Å²) >= 11 is 0. The van der Waals surface area contributed by atoms with E-state index in [1.54, 1.807) is 14.2 Å². The molecular weight excluding hydrogens is 242 g/mol. The molecule has 4 heteroatoms. The molecule has 0 amide bonds. The highest BCUT2D eigenvalue weighted by molar-refractivity contribution is 5.38. The first kappa shape index (κ1) is 14.2. The molecule has 0 bridgehead atoms. The zero-order valence-corrected chi connectivity index (χ0v) is 11.7. The van der Waals surface area contributed by atoms with Crippen molar-refractivity contribution in [1.29, 1.82) is 0 Å². The summed E-state index contributed by atoms with van der Waals surface area (Å²) in [5.74, 6) is 2.35. The highest BCUT2D eigenvalue weighted by Crippen LogP contribution is 2.34. The van der Waals surface area contributed by atoms with Crippen LogP contribution in [-0.2, 0) is 6.54 Å². The number of benzene rings is 1. The quantitative estimate of drug-likeness (QED) is 0.754. The molecule has 2 N–H and O–H groups in total. The number of nitrogens with one attached hydrogen (secondary N) is 1. The van der Waals surface area contributed by atoms with Gasteiger partial charge in [-0.05, 0) is 42.9 Å². The van der Waals surface area contributed by atoms with Crippen LogP contribution in [0.1, 0.15) is 24.8 Å². The third-order valence-electron chi connectivity index (χ3n) is 3.61. The van der Waals surface area contributed by atoms with Crippen LogP contribution in [0.4, 0.5) is 0 Å². The Morgan fingerprint density at radius 1 is 1.21 bits per heavy atom. The lowest BCUT2D eigenvalue weighted by Gasteiger charge is -2.17. The smallest absolute Gasteiger partial charge is 0.122 e. The van der Waals surface area contributed by atoms with E-state index < -0.39 is 0 Å². The molecule has 0 radical (unpaired) electrons. The van der Waals surface area contributed by atoms with Crippen molar-refractivity contribution in [3.05, 3.63) is 23.8 Å². The molecule has 1 aromatic carbocycles. The van der Waals surface area contributed by atoms with Crippen molar-refractivity contribution in [2.45, 2.75) is 31.8 Å². The summed E-state index contributed by atoms with van der Waals surface area (Å²) in [5, 5.41) is 12.6. The van der Waals surface area contributed by atoms with E-state index in [0.717, 1.165) is 35.9 Å². The zero-order valence-electron chi connectivity index (χ0n) is 11.7. The summed E-state index contributed by atoms with van der Waals surface area (Å²) in [5.41, 5.74) is 1.14. The highest BCUT2D eigenvalue weighted by Gasteiger charge is 2.30. The maximum atomic E-state index is 9.09. The Morgan fingerprint density at radius 3 is 2.32 bits per heavy atom. The van der Waals surface area contributed by atoms with Crippen molar-refractivity contribution in [2.75, 3.05) is 20.8 Å². The molecule has 1 unspecified atom stereocenters. The maximum absolute atomic E-state index is 9.09. The number of aliphatic hydroxyl groups is 1. The first-order chi connectivity index (χ1) is 9.26. The molecule has 1 aliphatic carbocycles. The van der Waals surface area contributed by atoms with Gasteiger partial charge in [-0.1, -0.05) is 0 Å². The fraction of sp³-hybridized carbons (Fsp3) is 0.600. The molecule has 0 saturated heterocycles. The first-order valence-corrected chi connectivity index (χ1v) is 6.83. The summed E-state index contributed by atoms with van der Waals surface area (Å²) in [6, 6.07) is 6.31. The molecule has 19 heavy (non-hydrogen) atoms. The second-order valence-corrected chi connectivity index (χ2v) is 5.06. The lowest BCUT2D eigenvalue weighted by atomic mass is 10.1. The molecule has 1 atom stereocenters. The molecule has 106 valence electrons. The molecular formula is C15H23NO3. The zero-order chi connectivity index (χ0) is 13.7. The Kier molecular flexibility index (Phi) is 5.05. The summed E-state index contributed by atoms with van der Waals surface area (Å²) in [6.07, 6.45) is 3.38. The Morgan fingerprint density at radius 2 is 1.84 bits per heavy atom. The third kappa shape index (κ3) is 4.11. The minimum absolute atomic E-state index is 0.246. The van der Waals surface area contributed by atoms with Gasteiger partial charge in [0, 0.05) is 25.3 Å². The molecule has 1 fully saturated rings. The van der Waals surface area contributed by atoms with Crippen molar-refractivity contribution in [1.82, 2.24) is 5.32 Å². The van der Waals surface area contributed by atoms with E-state index in [9.17, 15) is 0 Å². The third-order valence-corrected chi connectivity index (χ3v) is 3.61. The van der Waals surface area contributed by atoms with Crippen molar-refractivity contribution in [2.24, 2.45) is 5.92 Å². The number of aliphatic hydroxyl groups excluding tert-OH is 1. The summed E-state index contributed by atoms with van der Waals surface area (Å²) < 4.78 is 10.5. The van der Waals surface area contributed by atoms with Crippen LogP contribution in [0, 0.1) is 5.92 Å². The molecule has 1 aliphatic rings. The molecule has 0 heterocycles. The molecule has 4 nitrogen and oxygen atoms in total. The second kappa shape index (κ2) is 6.78. The Labute approximate surface area is 114 Å². The predicted molar refractivity (Wildman–Crippen MR) is 74.6 cm³/mol. The van der Waals surface area contributed by atoms with Crippen molar-refractivity contribution in [3.63, 3.8) is 0 Å². The van der Waals surface area contributed by atoms with Crippen LogP contribution >= 0.6 is 0 Å². The molecule has 1 saturated carbocycles. The standard InChI is InChI=1S/C15H23NO3/c1-18-13-7-11(8-14(9-13)19-2)10-16-15(5-6-17)12-3-4-12/h7-9,12,15-17H,3-6,10H2,1-2H3. The molecule has 0 spiro atoms. The Hall–Kier alpha value is -1.26. The SMILES string of the molecule is COc1cc(CNC(CCO)C2CC2)cc(OC)c1. The van der Waals surface area contributed by atoms with Gasteiger partial charge in [0.15, 0.2) is 0 Å². The van der Waals surface area contributed by atoms with Gasteiger partial charge in [-0.15, -0.1) is 0 Å². The van der Waals surface area contributed by atoms with Gasteiger partial charge in [0.1, 0.15) is 11.5 Å². The maximum Gasteiger partial charge on any atom is 0.122 e. The second-order valence-electron chi connectivity index (χ2n) is 5.06. The van der Waals surface area contributed by atoms with E-state index in [1.165, 1.54) is 12.8 Å². The fourth-order valence-electron chi connectivity index (χ4n) is 2.36. The van der Waals surface area contributed by atoms with Gasteiger partial charge in [-0.25, -0.2) is 0 Å². The van der Waals surface area contributed by atoms with E-state index in [4.69, 9.17) is 14.6 Å². The van der Waals surface area contributed by atoms with E-state index in [1.807, 2.05) is 18.2 Å². The van der Waals surface area contributed by atoms with Crippen LogP contribution in [-0.4, -0.2) is 32.0 Å². The summed E-state index contributed by atoms with van der Waals surface area (Å²) in [4.78, 5) is 0. The molecule has 0 aliphatic heterocycles. The number of methoxy groups -OCH3 is 2. The minimum Gasteiger partial charge on any atom is -0.497 e. The van der Waals surface area contributed by atoms with Crippen LogP contribution in [0.5, 0.6) is 11.5 Å². The van der Waals surface area contributed by atoms with Gasteiger partial charge in [0.2, 0.25) is 0 Å². The van der Waals surface area contributed by atoms with Gasteiger partial charge >= 0.3 is 0 Å². The number of ether oxygens (including phenoxy) is 2. The number of hydrogen-bond donors (Lipinski definition) is 2. The van der Waals surface area contributed by atoms with E-state index >= 15 is 0 Å². The van der Waals surface area contributed by atoms with Gasteiger partial charge < -0.3 is 19.9 Å². The molecule has 2 rings (SSSR count).